The number of carbonyl (C=O) groups excluding carboxylic acids is 1. The molecule has 134 valence electrons. The van der Waals surface area contributed by atoms with Crippen LogP contribution in [0.2, 0.25) is 0 Å². The van der Waals surface area contributed by atoms with Gasteiger partial charge in [-0.2, -0.15) is 0 Å². The van der Waals surface area contributed by atoms with Crippen LogP contribution in [0.1, 0.15) is 18.9 Å². The number of rotatable bonds is 7. The van der Waals surface area contributed by atoms with Crippen LogP contribution >= 0.6 is 0 Å². The Bertz CT molecular complexity index is 629. The van der Waals surface area contributed by atoms with Gasteiger partial charge in [-0.1, -0.05) is 12.1 Å². The fourth-order valence-electron chi connectivity index (χ4n) is 2.68. The predicted octanol–water partition coefficient (Wildman–Crippen LogP) is 0.863. The number of methoxy groups -OCH3 is 1. The van der Waals surface area contributed by atoms with Crippen molar-refractivity contribution in [1.82, 2.24) is 10.2 Å². The Morgan fingerprint density at radius 1 is 1.25 bits per heavy atom. The summed E-state index contributed by atoms with van der Waals surface area (Å²) in [5.41, 5.74) is 1.21. The molecule has 1 unspecified atom stereocenters. The minimum absolute atomic E-state index is 0.0449. The predicted molar refractivity (Wildman–Crippen MR) is 94.0 cm³/mol. The highest BCUT2D eigenvalue weighted by Gasteiger charge is 2.23. The summed E-state index contributed by atoms with van der Waals surface area (Å²) >= 11 is 0. The zero-order chi connectivity index (χ0) is 17.6. The van der Waals surface area contributed by atoms with Crippen LogP contribution in [0.15, 0.2) is 24.3 Å². The highest BCUT2D eigenvalue weighted by Crippen LogP contribution is 2.13. The quantitative estimate of drug-likeness (QED) is 0.786. The van der Waals surface area contributed by atoms with Crippen LogP contribution in [0, 0.1) is 0 Å². The van der Waals surface area contributed by atoms with Crippen molar-refractivity contribution in [3.05, 3.63) is 29.8 Å². The molecule has 0 aromatic heterocycles. The molecule has 2 rings (SSSR count). The van der Waals surface area contributed by atoms with Crippen LogP contribution < -0.4 is 10.1 Å². The second-order valence-corrected chi connectivity index (χ2v) is 8.59. The van der Waals surface area contributed by atoms with E-state index in [0.717, 1.165) is 18.6 Å². The van der Waals surface area contributed by atoms with E-state index in [4.69, 9.17) is 4.74 Å². The summed E-state index contributed by atoms with van der Waals surface area (Å²) in [6.07, 6.45) is 1.74. The maximum Gasteiger partial charge on any atom is 0.234 e. The molecule has 0 saturated carbocycles. The van der Waals surface area contributed by atoms with E-state index in [1.54, 1.807) is 7.11 Å². The number of hydrogen-bond acceptors (Lipinski definition) is 5. The molecule has 1 aliphatic rings. The molecule has 1 atom stereocenters. The number of aryl methyl sites for hydroxylation is 1. The van der Waals surface area contributed by atoms with Gasteiger partial charge in [0.25, 0.3) is 0 Å². The van der Waals surface area contributed by atoms with E-state index in [1.165, 1.54) is 5.56 Å². The number of sulfone groups is 1. The van der Waals surface area contributed by atoms with Crippen LogP contribution in [0.4, 0.5) is 0 Å². The van der Waals surface area contributed by atoms with E-state index >= 15 is 0 Å². The third kappa shape index (κ3) is 6.13. The number of ether oxygens (including phenoxy) is 1. The summed E-state index contributed by atoms with van der Waals surface area (Å²) in [5, 5.41) is 2.99. The topological polar surface area (TPSA) is 75.7 Å². The zero-order valence-corrected chi connectivity index (χ0v) is 15.1. The number of hydrogen-bond donors (Lipinski definition) is 1. The van der Waals surface area contributed by atoms with E-state index in [-0.39, 0.29) is 30.0 Å². The maximum absolute atomic E-state index is 12.1. The van der Waals surface area contributed by atoms with Gasteiger partial charge in [-0.3, -0.25) is 9.69 Å². The molecule has 0 aliphatic carbocycles. The van der Waals surface area contributed by atoms with Crippen molar-refractivity contribution < 1.29 is 17.9 Å². The molecule has 6 nitrogen and oxygen atoms in total. The van der Waals surface area contributed by atoms with E-state index in [1.807, 2.05) is 36.1 Å². The number of nitrogens with one attached hydrogen (secondary N) is 1. The smallest absolute Gasteiger partial charge is 0.234 e. The largest absolute Gasteiger partial charge is 0.497 e. The molecule has 0 radical (unpaired) electrons. The SMILES string of the molecule is COc1ccc(CCC(C)NC(=O)CN2CCS(=O)(=O)CC2)cc1. The van der Waals surface area contributed by atoms with Crippen molar-refractivity contribution in [1.29, 1.82) is 0 Å². The lowest BCUT2D eigenvalue weighted by molar-refractivity contribution is -0.122. The molecule has 1 aliphatic heterocycles. The first-order chi connectivity index (χ1) is 11.4. The Hall–Kier alpha value is -1.60. The molecule has 7 heteroatoms. The lowest BCUT2D eigenvalue weighted by atomic mass is 10.1. The lowest BCUT2D eigenvalue weighted by Crippen LogP contribution is -2.46. The number of nitrogens with zero attached hydrogens (tertiary/aromatic N) is 1. The minimum atomic E-state index is -2.90. The van der Waals surface area contributed by atoms with Crippen molar-refractivity contribution in [2.45, 2.75) is 25.8 Å². The zero-order valence-electron chi connectivity index (χ0n) is 14.3. The summed E-state index contributed by atoms with van der Waals surface area (Å²) in [4.78, 5) is 14.0. The average molecular weight is 354 g/mol. The van der Waals surface area contributed by atoms with Crippen LogP contribution in [-0.4, -0.2) is 63.5 Å². The summed E-state index contributed by atoms with van der Waals surface area (Å²) in [5.74, 6) is 1.08. The molecular formula is C17H26N2O4S. The van der Waals surface area contributed by atoms with Gasteiger partial charge in [-0.15, -0.1) is 0 Å². The highest BCUT2D eigenvalue weighted by atomic mass is 32.2. The van der Waals surface area contributed by atoms with E-state index in [2.05, 4.69) is 5.32 Å². The lowest BCUT2D eigenvalue weighted by Gasteiger charge is -2.26. The highest BCUT2D eigenvalue weighted by molar-refractivity contribution is 7.91. The fourth-order valence-corrected chi connectivity index (χ4v) is 3.96. The van der Waals surface area contributed by atoms with Gasteiger partial charge in [0.15, 0.2) is 9.84 Å². The molecule has 1 N–H and O–H groups in total. The first-order valence-electron chi connectivity index (χ1n) is 8.23. The first-order valence-corrected chi connectivity index (χ1v) is 10.0. The number of carbonyl (C=O) groups is 1. The fraction of sp³-hybridized carbons (Fsp3) is 0.588. The molecule has 1 aromatic carbocycles. The summed E-state index contributed by atoms with van der Waals surface area (Å²) in [7, 11) is -1.26. The third-order valence-electron chi connectivity index (χ3n) is 4.24. The normalized spacial score (nSPS) is 18.8. The Morgan fingerprint density at radius 2 is 1.88 bits per heavy atom. The first kappa shape index (κ1) is 18.7. The Balaban J connectivity index is 1.69. The second-order valence-electron chi connectivity index (χ2n) is 6.28. The molecular weight excluding hydrogens is 328 g/mol. The van der Waals surface area contributed by atoms with Crippen molar-refractivity contribution in [2.75, 3.05) is 38.2 Å². The molecule has 1 saturated heterocycles. The van der Waals surface area contributed by atoms with Crippen LogP contribution in [0.3, 0.4) is 0 Å². The third-order valence-corrected chi connectivity index (χ3v) is 5.85. The summed E-state index contributed by atoms with van der Waals surface area (Å²) < 4.78 is 27.9. The molecule has 0 bridgehead atoms. The maximum atomic E-state index is 12.1. The summed E-state index contributed by atoms with van der Waals surface area (Å²) in [6, 6.07) is 8.00. The van der Waals surface area contributed by atoms with Gasteiger partial charge in [0.2, 0.25) is 5.91 Å². The van der Waals surface area contributed by atoms with E-state index in [9.17, 15) is 13.2 Å². The Morgan fingerprint density at radius 3 is 2.46 bits per heavy atom. The van der Waals surface area contributed by atoms with Gasteiger partial charge in [-0.25, -0.2) is 8.42 Å². The van der Waals surface area contributed by atoms with Gasteiger partial charge in [0.05, 0.1) is 25.2 Å². The van der Waals surface area contributed by atoms with Gasteiger partial charge in [0, 0.05) is 19.1 Å². The van der Waals surface area contributed by atoms with Crippen molar-refractivity contribution in [2.24, 2.45) is 0 Å². The van der Waals surface area contributed by atoms with Gasteiger partial charge >= 0.3 is 0 Å². The van der Waals surface area contributed by atoms with E-state index < -0.39 is 9.84 Å². The monoisotopic (exact) mass is 354 g/mol. The van der Waals surface area contributed by atoms with Crippen molar-refractivity contribution in [3.8, 4) is 5.75 Å². The molecule has 24 heavy (non-hydrogen) atoms. The van der Waals surface area contributed by atoms with Crippen LogP contribution in [0.25, 0.3) is 0 Å². The van der Waals surface area contributed by atoms with Crippen LogP contribution in [-0.2, 0) is 21.1 Å². The Labute approximate surface area is 144 Å². The molecule has 1 heterocycles. The van der Waals surface area contributed by atoms with Crippen LogP contribution in [0.5, 0.6) is 5.75 Å². The second kappa shape index (κ2) is 8.48. The van der Waals surface area contributed by atoms with Crippen molar-refractivity contribution >= 4 is 15.7 Å². The standard InChI is InChI=1S/C17H26N2O4S/c1-14(3-4-15-5-7-16(23-2)8-6-15)18-17(20)13-19-9-11-24(21,22)12-10-19/h5-8,14H,3-4,9-13H2,1-2H3,(H,18,20). The number of benzene rings is 1. The average Bonchev–Trinajstić information content (AvgIpc) is 2.55. The van der Waals surface area contributed by atoms with Crippen molar-refractivity contribution in [3.63, 3.8) is 0 Å². The molecule has 0 spiro atoms. The van der Waals surface area contributed by atoms with E-state index in [0.29, 0.717) is 13.1 Å². The minimum Gasteiger partial charge on any atom is -0.497 e. The van der Waals surface area contributed by atoms with Gasteiger partial charge in [0.1, 0.15) is 5.75 Å². The molecule has 1 aromatic rings. The summed E-state index contributed by atoms with van der Waals surface area (Å²) in [6.45, 7) is 3.14. The Kier molecular flexibility index (Phi) is 6.62. The molecule has 1 fully saturated rings. The van der Waals surface area contributed by atoms with Gasteiger partial charge < -0.3 is 10.1 Å². The molecule has 1 amide bonds. The number of amides is 1. The van der Waals surface area contributed by atoms with Gasteiger partial charge in [-0.05, 0) is 37.5 Å².